The average Bonchev–Trinajstić information content (AvgIpc) is 3.30. The number of rotatable bonds is 11. The van der Waals surface area contributed by atoms with Gasteiger partial charge < -0.3 is 14.8 Å². The third-order valence-corrected chi connectivity index (χ3v) is 6.80. The Balaban J connectivity index is 1.12. The lowest BCUT2D eigenvalue weighted by Gasteiger charge is -2.20. The van der Waals surface area contributed by atoms with E-state index in [0.717, 1.165) is 48.6 Å². The van der Waals surface area contributed by atoms with Gasteiger partial charge in [-0.15, -0.1) is 0 Å². The van der Waals surface area contributed by atoms with Gasteiger partial charge in [0.05, 0.1) is 18.2 Å². The summed E-state index contributed by atoms with van der Waals surface area (Å²) in [6, 6.07) is 15.2. The number of esters is 1. The van der Waals surface area contributed by atoms with Crippen molar-refractivity contribution in [3.63, 3.8) is 0 Å². The van der Waals surface area contributed by atoms with Crippen LogP contribution in [-0.4, -0.2) is 49.8 Å². The summed E-state index contributed by atoms with van der Waals surface area (Å²) in [4.78, 5) is 14.1. The number of nitrogens with zero attached hydrogens (tertiary/aromatic N) is 2. The zero-order valence-corrected chi connectivity index (χ0v) is 20.1. The Labute approximate surface area is 209 Å². The van der Waals surface area contributed by atoms with E-state index in [-0.39, 0.29) is 6.61 Å². The van der Waals surface area contributed by atoms with Crippen LogP contribution in [0.25, 0.3) is 0 Å². The second-order valence-corrected chi connectivity index (χ2v) is 9.33. The number of carbonyl (C=O) groups is 1. The molecule has 192 valence electrons. The number of benzene rings is 2. The van der Waals surface area contributed by atoms with Crippen LogP contribution in [0.1, 0.15) is 23.6 Å². The molecule has 0 amide bonds. The second-order valence-electron chi connectivity index (χ2n) is 9.33. The molecule has 0 spiro atoms. The molecule has 1 heterocycles. The first-order valence-corrected chi connectivity index (χ1v) is 12.2. The van der Waals surface area contributed by atoms with Crippen LogP contribution in [-0.2, 0) is 28.7 Å². The molecule has 1 aliphatic heterocycles. The number of halogens is 3. The number of hydrogen-bond acceptors (Lipinski definition) is 6. The predicted octanol–water partition coefficient (Wildman–Crippen LogP) is 4.05. The summed E-state index contributed by atoms with van der Waals surface area (Å²) in [5, 5.41) is 12.7. The molecule has 2 aromatic rings. The van der Waals surface area contributed by atoms with Crippen LogP contribution in [0, 0.1) is 29.1 Å². The molecule has 9 heteroatoms. The molecule has 1 saturated carbocycles. The zero-order valence-electron chi connectivity index (χ0n) is 20.1. The number of nitriles is 1. The fraction of sp³-hybridized carbons (Fsp3) is 0.481. The van der Waals surface area contributed by atoms with Crippen molar-refractivity contribution in [1.82, 2.24) is 10.2 Å². The summed E-state index contributed by atoms with van der Waals surface area (Å²) < 4.78 is 48.9. The molecule has 0 bridgehead atoms. The van der Waals surface area contributed by atoms with Gasteiger partial charge in [-0.1, -0.05) is 24.3 Å². The van der Waals surface area contributed by atoms with E-state index in [2.05, 4.69) is 10.2 Å². The van der Waals surface area contributed by atoms with Crippen LogP contribution in [0.2, 0.25) is 0 Å². The second kappa shape index (κ2) is 11.3. The molecular formula is C27H30F3N3O3. The minimum absolute atomic E-state index is 0.251. The molecule has 4 atom stereocenters. The standard InChI is InChI=1S/C27H30F3N3O3/c1-2-35-26(34)20(14-31)13-18-5-9-22(10-6-18)36-12-11-32-25-23-16-33(17-24(23)25)15-19-3-7-21(8-4-19)27(28,29)30/h3-10,20,23-25,32H,2,11-13,15-17H2,1H3/t20?,23-,24+,25?. The topological polar surface area (TPSA) is 74.6 Å². The SMILES string of the molecule is CCOC(=O)C(C#N)Cc1ccc(OCCNC2[C@H]3CN(Cc4ccc(C(F)(F)F)cc4)C[C@@H]23)cc1. The number of fused-ring (bicyclic) bond motifs is 1. The van der Waals surface area contributed by atoms with E-state index in [9.17, 15) is 23.2 Å². The minimum Gasteiger partial charge on any atom is -0.492 e. The van der Waals surface area contributed by atoms with Crippen molar-refractivity contribution < 1.29 is 27.4 Å². The van der Waals surface area contributed by atoms with Gasteiger partial charge in [0.15, 0.2) is 0 Å². The molecule has 1 saturated heterocycles. The van der Waals surface area contributed by atoms with Crippen LogP contribution in [0.5, 0.6) is 5.75 Å². The van der Waals surface area contributed by atoms with Crippen LogP contribution >= 0.6 is 0 Å². The molecule has 2 aliphatic rings. The van der Waals surface area contributed by atoms with E-state index in [1.165, 1.54) is 0 Å². The van der Waals surface area contributed by atoms with Crippen molar-refractivity contribution in [2.75, 3.05) is 32.8 Å². The molecule has 6 nitrogen and oxygen atoms in total. The first-order chi connectivity index (χ1) is 17.3. The van der Waals surface area contributed by atoms with Crippen molar-refractivity contribution in [3.05, 3.63) is 65.2 Å². The highest BCUT2D eigenvalue weighted by molar-refractivity contribution is 5.75. The minimum atomic E-state index is -4.30. The summed E-state index contributed by atoms with van der Waals surface area (Å²) in [6.07, 6.45) is -4.00. The van der Waals surface area contributed by atoms with Crippen LogP contribution in [0.4, 0.5) is 13.2 Å². The number of piperidine rings is 1. The van der Waals surface area contributed by atoms with Gasteiger partial charge in [-0.2, -0.15) is 18.4 Å². The quantitative estimate of drug-likeness (QED) is 0.370. The number of likely N-dealkylation sites (tertiary alicyclic amines) is 1. The molecule has 4 rings (SSSR count). The first-order valence-electron chi connectivity index (χ1n) is 12.2. The lowest BCUT2D eigenvalue weighted by Crippen LogP contribution is -2.33. The molecule has 0 aromatic heterocycles. The smallest absolute Gasteiger partial charge is 0.416 e. The number of hydrogen-bond donors (Lipinski definition) is 1. The monoisotopic (exact) mass is 501 g/mol. The average molecular weight is 502 g/mol. The summed E-state index contributed by atoms with van der Waals surface area (Å²) in [6.45, 7) is 5.77. The van der Waals surface area contributed by atoms with Crippen molar-refractivity contribution in [1.29, 1.82) is 5.26 Å². The number of alkyl halides is 3. The fourth-order valence-electron chi connectivity index (χ4n) is 4.88. The lowest BCUT2D eigenvalue weighted by atomic mass is 10.0. The van der Waals surface area contributed by atoms with Crippen LogP contribution < -0.4 is 10.1 Å². The van der Waals surface area contributed by atoms with Gasteiger partial charge in [-0.05, 0) is 60.6 Å². The highest BCUT2D eigenvalue weighted by Crippen LogP contribution is 2.45. The van der Waals surface area contributed by atoms with E-state index in [4.69, 9.17) is 9.47 Å². The van der Waals surface area contributed by atoms with Gasteiger partial charge in [0.1, 0.15) is 18.3 Å². The Kier molecular flexibility index (Phi) is 8.17. The summed E-state index contributed by atoms with van der Waals surface area (Å²) in [7, 11) is 0. The van der Waals surface area contributed by atoms with E-state index in [0.29, 0.717) is 37.5 Å². The highest BCUT2D eigenvalue weighted by Gasteiger charge is 2.55. The summed E-state index contributed by atoms with van der Waals surface area (Å²) in [5.74, 6) is 0.560. The van der Waals surface area contributed by atoms with Gasteiger partial charge in [0.2, 0.25) is 0 Å². The lowest BCUT2D eigenvalue weighted by molar-refractivity contribution is -0.146. The zero-order chi connectivity index (χ0) is 25.7. The molecule has 2 unspecified atom stereocenters. The van der Waals surface area contributed by atoms with E-state index >= 15 is 0 Å². The Morgan fingerprint density at radius 3 is 2.33 bits per heavy atom. The fourth-order valence-corrected chi connectivity index (χ4v) is 4.88. The maximum Gasteiger partial charge on any atom is 0.416 e. The maximum absolute atomic E-state index is 12.7. The predicted molar refractivity (Wildman–Crippen MR) is 127 cm³/mol. The van der Waals surface area contributed by atoms with E-state index in [1.54, 1.807) is 19.1 Å². The first kappa shape index (κ1) is 26.0. The molecule has 36 heavy (non-hydrogen) atoms. The number of carbonyl (C=O) groups excluding carboxylic acids is 1. The van der Waals surface area contributed by atoms with Gasteiger partial charge in [-0.25, -0.2) is 0 Å². The third kappa shape index (κ3) is 6.56. The van der Waals surface area contributed by atoms with Crippen molar-refractivity contribution in [3.8, 4) is 11.8 Å². The molecule has 0 radical (unpaired) electrons. The number of nitrogens with one attached hydrogen (secondary N) is 1. The Hall–Kier alpha value is -3.09. The molecular weight excluding hydrogens is 471 g/mol. The van der Waals surface area contributed by atoms with E-state index in [1.807, 2.05) is 30.3 Å². The highest BCUT2D eigenvalue weighted by atomic mass is 19.4. The van der Waals surface area contributed by atoms with Crippen LogP contribution in [0.15, 0.2) is 48.5 Å². The summed E-state index contributed by atoms with van der Waals surface area (Å²) in [5.41, 5.74) is 1.16. The largest absolute Gasteiger partial charge is 0.492 e. The van der Waals surface area contributed by atoms with Crippen LogP contribution in [0.3, 0.4) is 0 Å². The van der Waals surface area contributed by atoms with Crippen molar-refractivity contribution in [2.24, 2.45) is 17.8 Å². The third-order valence-electron chi connectivity index (χ3n) is 6.80. The molecule has 1 aliphatic carbocycles. The van der Waals surface area contributed by atoms with Crippen molar-refractivity contribution in [2.45, 2.75) is 32.1 Å². The van der Waals surface area contributed by atoms with E-state index < -0.39 is 23.6 Å². The Bertz CT molecular complexity index is 1050. The van der Waals surface area contributed by atoms with Gasteiger partial charge in [0, 0.05) is 32.2 Å². The van der Waals surface area contributed by atoms with Gasteiger partial charge >= 0.3 is 12.1 Å². The molecule has 2 aromatic carbocycles. The normalized spacial score (nSPS) is 21.9. The maximum atomic E-state index is 12.7. The Morgan fingerprint density at radius 1 is 1.11 bits per heavy atom. The summed E-state index contributed by atoms with van der Waals surface area (Å²) >= 11 is 0. The number of ether oxygens (including phenoxy) is 2. The van der Waals surface area contributed by atoms with Gasteiger partial charge in [0.25, 0.3) is 0 Å². The van der Waals surface area contributed by atoms with Crippen molar-refractivity contribution >= 4 is 5.97 Å². The molecule has 1 N–H and O–H groups in total. The van der Waals surface area contributed by atoms with Gasteiger partial charge in [-0.3, -0.25) is 9.69 Å². The molecule has 2 fully saturated rings. The Morgan fingerprint density at radius 2 is 1.75 bits per heavy atom.